The van der Waals surface area contributed by atoms with Gasteiger partial charge in [0.2, 0.25) is 5.91 Å². The lowest BCUT2D eigenvalue weighted by Crippen LogP contribution is -2.34. The summed E-state index contributed by atoms with van der Waals surface area (Å²) in [6, 6.07) is 5.76. The van der Waals surface area contributed by atoms with E-state index >= 15 is 0 Å². The van der Waals surface area contributed by atoms with Crippen LogP contribution in [0.15, 0.2) is 18.2 Å². The van der Waals surface area contributed by atoms with Gasteiger partial charge in [0.05, 0.1) is 4.75 Å². The maximum atomic E-state index is 12.5. The fourth-order valence-corrected chi connectivity index (χ4v) is 3.65. The van der Waals surface area contributed by atoms with E-state index in [1.807, 2.05) is 25.1 Å². The van der Waals surface area contributed by atoms with Crippen LogP contribution in [0.5, 0.6) is 0 Å². The molecular formula is C17H21NO2S. The third-order valence-corrected chi connectivity index (χ3v) is 5.26. The predicted octanol–water partition coefficient (Wildman–Crippen LogP) is 2.82. The van der Waals surface area contributed by atoms with Crippen molar-refractivity contribution in [1.82, 2.24) is 0 Å². The molecule has 2 rings (SSSR count). The highest BCUT2D eigenvalue weighted by Crippen LogP contribution is 2.38. The molecule has 0 bridgehead atoms. The number of aliphatic hydroxyl groups is 1. The van der Waals surface area contributed by atoms with Crippen LogP contribution in [-0.4, -0.2) is 28.1 Å². The van der Waals surface area contributed by atoms with Crippen molar-refractivity contribution in [3.8, 4) is 11.8 Å². The number of aryl methyl sites for hydroxylation is 1. The number of hydrogen-bond donors (Lipinski definition) is 2. The summed E-state index contributed by atoms with van der Waals surface area (Å²) in [6.07, 6.45) is 2.87. The first kappa shape index (κ1) is 15.9. The Morgan fingerprint density at radius 2 is 2.33 bits per heavy atom. The van der Waals surface area contributed by atoms with Crippen LogP contribution < -0.4 is 5.32 Å². The topological polar surface area (TPSA) is 49.3 Å². The second-order valence-corrected chi connectivity index (χ2v) is 6.92. The van der Waals surface area contributed by atoms with E-state index in [0.717, 1.165) is 41.8 Å². The minimum Gasteiger partial charge on any atom is -0.384 e. The van der Waals surface area contributed by atoms with Gasteiger partial charge in [0.1, 0.15) is 6.61 Å². The molecule has 1 aromatic rings. The second-order valence-electron chi connectivity index (χ2n) is 5.32. The Balaban J connectivity index is 2.18. The molecule has 3 nitrogen and oxygen atoms in total. The Labute approximate surface area is 130 Å². The normalized spacial score (nSPS) is 20.7. The average Bonchev–Trinajstić information content (AvgIpc) is 2.94. The standard InChI is InChI=1S/C17H21NO2S/c1-3-14-12-13(6-4-10-19)7-8-15(14)18-16(20)17(2)9-5-11-21-17/h7-8,12,19H,3,5,9-11H2,1-2H3,(H,18,20). The van der Waals surface area contributed by atoms with Crippen LogP contribution in [0.4, 0.5) is 5.69 Å². The second kappa shape index (κ2) is 7.02. The zero-order valence-corrected chi connectivity index (χ0v) is 13.3. The van der Waals surface area contributed by atoms with Crippen LogP contribution in [0.25, 0.3) is 0 Å². The maximum absolute atomic E-state index is 12.5. The molecule has 1 atom stereocenters. The van der Waals surface area contributed by atoms with Crippen molar-refractivity contribution in [2.75, 3.05) is 17.7 Å². The summed E-state index contributed by atoms with van der Waals surface area (Å²) in [4.78, 5) is 12.5. The molecule has 1 unspecified atom stereocenters. The molecule has 2 N–H and O–H groups in total. The van der Waals surface area contributed by atoms with Crippen molar-refractivity contribution in [3.05, 3.63) is 29.3 Å². The lowest BCUT2D eigenvalue weighted by molar-refractivity contribution is -0.118. The van der Waals surface area contributed by atoms with Crippen molar-refractivity contribution in [2.45, 2.75) is 37.9 Å². The maximum Gasteiger partial charge on any atom is 0.240 e. The number of anilines is 1. The van der Waals surface area contributed by atoms with Gasteiger partial charge in [-0.1, -0.05) is 18.8 Å². The Bertz CT molecular complexity index is 580. The van der Waals surface area contributed by atoms with E-state index in [2.05, 4.69) is 24.1 Å². The molecular weight excluding hydrogens is 282 g/mol. The number of aliphatic hydroxyl groups excluding tert-OH is 1. The number of thioether (sulfide) groups is 1. The number of benzene rings is 1. The number of nitrogens with one attached hydrogen (secondary N) is 1. The Kier molecular flexibility index (Phi) is 5.33. The molecule has 1 aliphatic heterocycles. The molecule has 0 aliphatic carbocycles. The van der Waals surface area contributed by atoms with Gasteiger partial charge in [-0.15, -0.1) is 11.8 Å². The molecule has 1 fully saturated rings. The number of amides is 1. The van der Waals surface area contributed by atoms with E-state index in [1.165, 1.54) is 0 Å². The van der Waals surface area contributed by atoms with Crippen molar-refractivity contribution < 1.29 is 9.90 Å². The molecule has 112 valence electrons. The number of carbonyl (C=O) groups excluding carboxylic acids is 1. The van der Waals surface area contributed by atoms with E-state index in [-0.39, 0.29) is 17.3 Å². The summed E-state index contributed by atoms with van der Waals surface area (Å²) in [5.74, 6) is 6.68. The summed E-state index contributed by atoms with van der Waals surface area (Å²) in [6.45, 7) is 3.93. The highest BCUT2D eigenvalue weighted by Gasteiger charge is 2.37. The summed E-state index contributed by atoms with van der Waals surface area (Å²) >= 11 is 1.74. The van der Waals surface area contributed by atoms with Gasteiger partial charge < -0.3 is 10.4 Å². The zero-order valence-electron chi connectivity index (χ0n) is 12.5. The third kappa shape index (κ3) is 3.81. The SMILES string of the molecule is CCc1cc(C#CCO)ccc1NC(=O)C1(C)CCCS1. The van der Waals surface area contributed by atoms with Gasteiger partial charge in [-0.25, -0.2) is 0 Å². The molecule has 4 heteroatoms. The molecule has 0 radical (unpaired) electrons. The van der Waals surface area contributed by atoms with Gasteiger partial charge >= 0.3 is 0 Å². The minimum absolute atomic E-state index is 0.0916. The molecule has 1 aromatic carbocycles. The molecule has 1 amide bonds. The number of carbonyl (C=O) groups is 1. The van der Waals surface area contributed by atoms with Gasteiger partial charge in [-0.2, -0.15) is 0 Å². The summed E-state index contributed by atoms with van der Waals surface area (Å²) in [5, 5.41) is 11.8. The van der Waals surface area contributed by atoms with Crippen LogP contribution in [-0.2, 0) is 11.2 Å². The fraction of sp³-hybridized carbons (Fsp3) is 0.471. The monoisotopic (exact) mass is 303 g/mol. The lowest BCUT2D eigenvalue weighted by atomic mass is 10.0. The first-order chi connectivity index (χ1) is 10.1. The van der Waals surface area contributed by atoms with E-state index in [0.29, 0.717) is 0 Å². The average molecular weight is 303 g/mol. The van der Waals surface area contributed by atoms with Crippen LogP contribution in [0.1, 0.15) is 37.8 Å². The van der Waals surface area contributed by atoms with Gasteiger partial charge in [-0.3, -0.25) is 4.79 Å². The fourth-order valence-electron chi connectivity index (χ4n) is 2.44. The van der Waals surface area contributed by atoms with Crippen LogP contribution >= 0.6 is 11.8 Å². The van der Waals surface area contributed by atoms with Crippen molar-refractivity contribution in [3.63, 3.8) is 0 Å². The number of hydrogen-bond acceptors (Lipinski definition) is 3. The Morgan fingerprint density at radius 1 is 1.52 bits per heavy atom. The quantitative estimate of drug-likeness (QED) is 0.844. The van der Waals surface area contributed by atoms with Gasteiger partial charge in [0.15, 0.2) is 0 Å². The largest absolute Gasteiger partial charge is 0.384 e. The van der Waals surface area contributed by atoms with Crippen molar-refractivity contribution >= 4 is 23.4 Å². The van der Waals surface area contributed by atoms with E-state index in [4.69, 9.17) is 5.11 Å². The molecule has 21 heavy (non-hydrogen) atoms. The van der Waals surface area contributed by atoms with Crippen LogP contribution in [0.2, 0.25) is 0 Å². The van der Waals surface area contributed by atoms with E-state index in [1.54, 1.807) is 11.8 Å². The number of rotatable bonds is 3. The highest BCUT2D eigenvalue weighted by atomic mass is 32.2. The van der Waals surface area contributed by atoms with Gasteiger partial charge in [-0.05, 0) is 55.7 Å². The van der Waals surface area contributed by atoms with E-state index < -0.39 is 0 Å². The third-order valence-electron chi connectivity index (χ3n) is 3.75. The van der Waals surface area contributed by atoms with Crippen LogP contribution in [0.3, 0.4) is 0 Å². The Hall–Kier alpha value is -1.44. The van der Waals surface area contributed by atoms with Crippen molar-refractivity contribution in [1.29, 1.82) is 0 Å². The summed E-state index contributed by atoms with van der Waals surface area (Å²) < 4.78 is -0.305. The zero-order chi connectivity index (χ0) is 15.3. The molecule has 1 saturated heterocycles. The highest BCUT2D eigenvalue weighted by molar-refractivity contribution is 8.01. The first-order valence-corrected chi connectivity index (χ1v) is 8.25. The van der Waals surface area contributed by atoms with Crippen molar-refractivity contribution in [2.24, 2.45) is 0 Å². The molecule has 0 spiro atoms. The minimum atomic E-state index is -0.305. The predicted molar refractivity (Wildman–Crippen MR) is 88.5 cm³/mol. The van der Waals surface area contributed by atoms with Gasteiger partial charge in [0, 0.05) is 11.3 Å². The summed E-state index contributed by atoms with van der Waals surface area (Å²) in [5.41, 5.74) is 2.80. The van der Waals surface area contributed by atoms with Crippen LogP contribution in [0, 0.1) is 11.8 Å². The Morgan fingerprint density at radius 3 is 2.95 bits per heavy atom. The van der Waals surface area contributed by atoms with Gasteiger partial charge in [0.25, 0.3) is 0 Å². The molecule has 0 saturated carbocycles. The lowest BCUT2D eigenvalue weighted by Gasteiger charge is -2.22. The van der Waals surface area contributed by atoms with E-state index in [9.17, 15) is 4.79 Å². The summed E-state index contributed by atoms with van der Waals surface area (Å²) in [7, 11) is 0. The molecule has 1 heterocycles. The smallest absolute Gasteiger partial charge is 0.240 e. The first-order valence-electron chi connectivity index (χ1n) is 7.27. The molecule has 0 aromatic heterocycles. The molecule has 1 aliphatic rings.